The third-order valence-corrected chi connectivity index (χ3v) is 14.8. The summed E-state index contributed by atoms with van der Waals surface area (Å²) in [6.07, 6.45) is -4.62. The lowest BCUT2D eigenvalue weighted by atomic mass is 9.81. The van der Waals surface area contributed by atoms with Crippen LogP contribution in [0.4, 0.5) is 0 Å². The molecule has 4 saturated heterocycles. The molecular weight excluding hydrogens is 809 g/mol. The van der Waals surface area contributed by atoms with E-state index >= 15 is 0 Å². The fourth-order valence-electron chi connectivity index (χ4n) is 9.56. The number of carbonyl (C=O) groups is 1. The van der Waals surface area contributed by atoms with Crippen LogP contribution in [0.5, 0.6) is 11.5 Å². The van der Waals surface area contributed by atoms with E-state index in [1.807, 2.05) is 61.5 Å². The summed E-state index contributed by atoms with van der Waals surface area (Å²) >= 11 is 0. The van der Waals surface area contributed by atoms with Crippen LogP contribution in [0, 0.1) is 47.3 Å². The molecule has 2 aromatic carbocycles. The Labute approximate surface area is 376 Å². The van der Waals surface area contributed by atoms with Gasteiger partial charge in [0.05, 0.1) is 63.6 Å². The van der Waals surface area contributed by atoms with Gasteiger partial charge in [-0.3, -0.25) is 4.79 Å². The van der Waals surface area contributed by atoms with E-state index in [2.05, 4.69) is 62.3 Å². The summed E-state index contributed by atoms with van der Waals surface area (Å²) in [5, 5.41) is 10.8. The van der Waals surface area contributed by atoms with Crippen LogP contribution in [0.15, 0.2) is 54.6 Å². The molecule has 20 atom stereocenters. The van der Waals surface area contributed by atoms with E-state index in [1.54, 1.807) is 7.11 Å². The number of rotatable bonds is 17. The summed E-state index contributed by atoms with van der Waals surface area (Å²) in [7, 11) is 1.63. The maximum atomic E-state index is 12.4. The number of methoxy groups -OCH3 is 1. The first-order valence-electron chi connectivity index (χ1n) is 23.5. The number of benzene rings is 2. The molecule has 13 heteroatoms. The lowest BCUT2D eigenvalue weighted by Gasteiger charge is -2.51. The third kappa shape index (κ3) is 11.8. The van der Waals surface area contributed by atoms with Crippen molar-refractivity contribution in [1.29, 1.82) is 0 Å². The molecule has 6 rings (SSSR count). The van der Waals surface area contributed by atoms with Crippen molar-refractivity contribution in [3.63, 3.8) is 0 Å². The highest BCUT2D eigenvalue weighted by atomic mass is 16.8. The number of esters is 1. The van der Waals surface area contributed by atoms with Crippen LogP contribution in [-0.2, 0) is 54.0 Å². The predicted octanol–water partition coefficient (Wildman–Crippen LogP) is 8.18. The van der Waals surface area contributed by atoms with Crippen molar-refractivity contribution < 1.29 is 62.0 Å². The van der Waals surface area contributed by atoms with Gasteiger partial charge >= 0.3 is 5.97 Å². The van der Waals surface area contributed by atoms with Crippen LogP contribution in [0.3, 0.4) is 0 Å². The van der Waals surface area contributed by atoms with Crippen molar-refractivity contribution >= 4 is 5.97 Å². The smallest absolute Gasteiger partial charge is 0.303 e. The molecule has 0 spiro atoms. The molecule has 354 valence electrons. The first kappa shape index (κ1) is 49.6. The van der Waals surface area contributed by atoms with E-state index in [4.69, 9.17) is 52.1 Å². The normalized spacial score (nSPS) is 40.8. The van der Waals surface area contributed by atoms with E-state index in [-0.39, 0.29) is 90.4 Å². The van der Waals surface area contributed by atoms with Crippen LogP contribution < -0.4 is 9.47 Å². The maximum absolute atomic E-state index is 12.4. The number of ether oxygens (including phenoxy) is 11. The van der Waals surface area contributed by atoms with Gasteiger partial charge in [0.25, 0.3) is 0 Å². The Morgan fingerprint density at radius 3 is 1.75 bits per heavy atom. The molecule has 4 heterocycles. The highest BCUT2D eigenvalue weighted by molar-refractivity contribution is 5.66. The molecule has 4 aliphatic rings. The largest absolute Gasteiger partial charge is 0.497 e. The highest BCUT2D eigenvalue weighted by Gasteiger charge is 2.52. The Hall–Kier alpha value is -2.85. The molecular formula is C50H76O13. The minimum Gasteiger partial charge on any atom is -0.497 e. The lowest BCUT2D eigenvalue weighted by molar-refractivity contribution is -0.357. The molecule has 0 aromatic heterocycles. The van der Waals surface area contributed by atoms with Crippen molar-refractivity contribution in [2.45, 2.75) is 170 Å². The standard InChI is InChI=1S/C50H76O13/c1-13-39-43(52)29(5)33(9)47(58-39)55-26-42-28(4)31(7)46(49(61-42)57-38-22-20-37(53-12)21-23-38)63-48-34(10)32(8)44(40(14-2)59-48)62-50-45(56-35(11)51)30(6)27(3)41(60-50)25-54-24-36-18-16-15-17-19-36/h15-23,27-34,39-50,52H,13-14,24-26H2,1-12H3/t27-,28+,29-,30+,31+,32-,33?,34?,39?,40?,41?,42?,43+,44+,45?,46?,47-,48+,49+,50+/m1/s1. The van der Waals surface area contributed by atoms with E-state index in [9.17, 15) is 9.90 Å². The minimum absolute atomic E-state index is 0.00245. The van der Waals surface area contributed by atoms with Gasteiger partial charge in [-0.05, 0) is 72.3 Å². The van der Waals surface area contributed by atoms with Gasteiger partial charge in [-0.2, -0.15) is 0 Å². The van der Waals surface area contributed by atoms with E-state index in [1.165, 1.54) is 6.92 Å². The molecule has 13 nitrogen and oxygen atoms in total. The van der Waals surface area contributed by atoms with Crippen LogP contribution in [-0.4, -0.2) is 105 Å². The van der Waals surface area contributed by atoms with Gasteiger partial charge < -0.3 is 57.2 Å². The second-order valence-electron chi connectivity index (χ2n) is 18.8. The second-order valence-corrected chi connectivity index (χ2v) is 18.8. The topological polar surface area (TPSA) is 139 Å². The fourth-order valence-corrected chi connectivity index (χ4v) is 9.56. The maximum Gasteiger partial charge on any atom is 0.303 e. The zero-order valence-corrected chi connectivity index (χ0v) is 39.6. The average Bonchev–Trinajstić information content (AvgIpc) is 3.28. The number of aliphatic hydroxyl groups is 1. The molecule has 0 saturated carbocycles. The fraction of sp³-hybridized carbons (Fsp3) is 0.740. The molecule has 0 aliphatic carbocycles. The molecule has 0 radical (unpaired) electrons. The molecule has 0 amide bonds. The van der Waals surface area contributed by atoms with Crippen LogP contribution >= 0.6 is 0 Å². The van der Waals surface area contributed by atoms with E-state index < -0.39 is 43.5 Å². The Morgan fingerprint density at radius 1 is 0.571 bits per heavy atom. The number of hydrogen-bond donors (Lipinski definition) is 1. The summed E-state index contributed by atoms with van der Waals surface area (Å²) in [5.41, 5.74) is 1.09. The summed E-state index contributed by atoms with van der Waals surface area (Å²) < 4.78 is 71.2. The van der Waals surface area contributed by atoms with Crippen molar-refractivity contribution in [3.05, 3.63) is 60.2 Å². The monoisotopic (exact) mass is 885 g/mol. The van der Waals surface area contributed by atoms with Gasteiger partial charge in [0, 0.05) is 24.7 Å². The Morgan fingerprint density at radius 2 is 1.11 bits per heavy atom. The molecule has 4 fully saturated rings. The zero-order chi connectivity index (χ0) is 45.5. The first-order chi connectivity index (χ1) is 30.1. The van der Waals surface area contributed by atoms with Crippen LogP contribution in [0.2, 0.25) is 0 Å². The Bertz CT molecular complexity index is 1680. The van der Waals surface area contributed by atoms with E-state index in [0.717, 1.165) is 5.56 Å². The van der Waals surface area contributed by atoms with Crippen molar-refractivity contribution in [1.82, 2.24) is 0 Å². The molecule has 1 N–H and O–H groups in total. The van der Waals surface area contributed by atoms with Crippen molar-refractivity contribution in [3.8, 4) is 11.5 Å². The first-order valence-corrected chi connectivity index (χ1v) is 23.5. The summed E-state index contributed by atoms with van der Waals surface area (Å²) in [4.78, 5) is 12.4. The van der Waals surface area contributed by atoms with Gasteiger partial charge in [0.2, 0.25) is 6.29 Å². The summed E-state index contributed by atoms with van der Waals surface area (Å²) in [6, 6.07) is 17.5. The molecule has 2 aromatic rings. The number of aliphatic hydroxyl groups excluding tert-OH is 1. The van der Waals surface area contributed by atoms with Gasteiger partial charge in [-0.25, -0.2) is 0 Å². The van der Waals surface area contributed by atoms with E-state index in [0.29, 0.717) is 37.6 Å². The molecule has 8 unspecified atom stereocenters. The molecule has 4 aliphatic heterocycles. The van der Waals surface area contributed by atoms with Crippen LogP contribution in [0.25, 0.3) is 0 Å². The third-order valence-electron chi connectivity index (χ3n) is 14.8. The molecule has 0 bridgehead atoms. The Balaban J connectivity index is 1.16. The summed E-state index contributed by atoms with van der Waals surface area (Å²) in [5.74, 6) is 0.781. The van der Waals surface area contributed by atoms with Crippen LogP contribution in [0.1, 0.15) is 94.6 Å². The van der Waals surface area contributed by atoms with Crippen molar-refractivity contribution in [2.75, 3.05) is 20.3 Å². The van der Waals surface area contributed by atoms with Gasteiger partial charge in [-0.15, -0.1) is 0 Å². The number of hydrogen-bond acceptors (Lipinski definition) is 13. The quantitative estimate of drug-likeness (QED) is 0.153. The van der Waals surface area contributed by atoms with Gasteiger partial charge in [0.1, 0.15) is 17.6 Å². The minimum atomic E-state index is -0.822. The summed E-state index contributed by atoms with van der Waals surface area (Å²) in [6.45, 7) is 23.5. The zero-order valence-electron chi connectivity index (χ0n) is 39.6. The lowest BCUT2D eigenvalue weighted by Crippen LogP contribution is -2.60. The average molecular weight is 885 g/mol. The Kier molecular flexibility index (Phi) is 17.8. The predicted molar refractivity (Wildman–Crippen MR) is 236 cm³/mol. The van der Waals surface area contributed by atoms with Gasteiger partial charge in [0.15, 0.2) is 25.0 Å². The van der Waals surface area contributed by atoms with Crippen molar-refractivity contribution in [2.24, 2.45) is 47.3 Å². The second kappa shape index (κ2) is 22.6. The SMILES string of the molecule is CCC1O[C@@H](OCC2O[C@H](Oc3ccc(OC)cc3)C(O[C@@H]3OC(CC)[C@@H](O[C@@H]4OC(COCc5ccccc5)[C@H](C)[C@H](C)C4OC(C)=O)[C@H](C)C3C)[C@@H](C)[C@@H]2C)C(C)[C@@H](C)[C@@H]1O. The number of carbonyl (C=O) groups excluding carboxylic acids is 1. The highest BCUT2D eigenvalue weighted by Crippen LogP contribution is 2.43. The molecule has 63 heavy (non-hydrogen) atoms. The van der Waals surface area contributed by atoms with Gasteiger partial charge in [-0.1, -0.05) is 99.6 Å².